The SMILES string of the molecule is CN(CC(=O)N1CCN(Cc2cccs2)CC1)Cc1cnn(Cc2ccccc2)c1.O=C(O)C(=O)O.O=C(O)C(=O)O. The van der Waals surface area contributed by atoms with E-state index in [2.05, 4.69) is 50.7 Å². The van der Waals surface area contributed by atoms with Crippen molar-refractivity contribution in [3.63, 3.8) is 0 Å². The first-order valence-corrected chi connectivity index (χ1v) is 13.5. The fourth-order valence-corrected chi connectivity index (χ4v) is 4.57. The van der Waals surface area contributed by atoms with Gasteiger partial charge in [0.05, 0.1) is 19.3 Å². The van der Waals surface area contributed by atoms with Crippen molar-refractivity contribution in [2.24, 2.45) is 0 Å². The van der Waals surface area contributed by atoms with E-state index in [0.717, 1.165) is 51.4 Å². The summed E-state index contributed by atoms with van der Waals surface area (Å²) in [5.41, 5.74) is 2.36. The molecule has 0 atom stereocenters. The molecule has 226 valence electrons. The Balaban J connectivity index is 0.000000434. The molecule has 1 saturated heterocycles. The highest BCUT2D eigenvalue weighted by atomic mass is 32.1. The van der Waals surface area contributed by atoms with Gasteiger partial charge in [0.2, 0.25) is 5.91 Å². The van der Waals surface area contributed by atoms with Gasteiger partial charge in [-0.3, -0.25) is 19.3 Å². The minimum Gasteiger partial charge on any atom is -0.473 e. The first-order chi connectivity index (χ1) is 19.9. The molecule has 4 N–H and O–H groups in total. The van der Waals surface area contributed by atoms with Gasteiger partial charge in [-0.15, -0.1) is 11.3 Å². The molecular formula is C27H33N5O9S. The fourth-order valence-electron chi connectivity index (χ4n) is 3.82. The van der Waals surface area contributed by atoms with Gasteiger partial charge in [0.1, 0.15) is 0 Å². The minimum atomic E-state index is -1.82. The van der Waals surface area contributed by atoms with Crippen LogP contribution in [0.5, 0.6) is 0 Å². The Morgan fingerprint density at radius 2 is 1.40 bits per heavy atom. The van der Waals surface area contributed by atoms with E-state index in [1.54, 1.807) is 11.3 Å². The predicted molar refractivity (Wildman–Crippen MR) is 151 cm³/mol. The van der Waals surface area contributed by atoms with Crippen LogP contribution in [0.2, 0.25) is 0 Å². The molecule has 3 heterocycles. The number of likely N-dealkylation sites (N-methyl/N-ethyl adjacent to an activating group) is 1. The highest BCUT2D eigenvalue weighted by Gasteiger charge is 2.22. The topological polar surface area (TPSA) is 194 Å². The van der Waals surface area contributed by atoms with Crippen LogP contribution in [0, 0.1) is 0 Å². The van der Waals surface area contributed by atoms with Crippen LogP contribution >= 0.6 is 11.3 Å². The molecule has 14 nitrogen and oxygen atoms in total. The number of nitrogens with zero attached hydrogens (tertiary/aromatic N) is 5. The first kappa shape index (κ1) is 33.6. The zero-order valence-electron chi connectivity index (χ0n) is 22.9. The number of carbonyl (C=O) groups is 5. The Hall–Kier alpha value is -4.60. The van der Waals surface area contributed by atoms with Crippen molar-refractivity contribution in [3.05, 3.63) is 76.2 Å². The van der Waals surface area contributed by atoms with Crippen LogP contribution in [0.3, 0.4) is 0 Å². The largest absolute Gasteiger partial charge is 0.473 e. The third-order valence-electron chi connectivity index (χ3n) is 5.78. The number of amides is 1. The smallest absolute Gasteiger partial charge is 0.414 e. The molecule has 0 bridgehead atoms. The van der Waals surface area contributed by atoms with E-state index in [4.69, 9.17) is 39.6 Å². The molecule has 0 aliphatic carbocycles. The molecule has 1 aliphatic rings. The van der Waals surface area contributed by atoms with Crippen LogP contribution in [0.1, 0.15) is 16.0 Å². The van der Waals surface area contributed by atoms with Crippen molar-refractivity contribution in [1.82, 2.24) is 24.5 Å². The summed E-state index contributed by atoms with van der Waals surface area (Å²) in [6.45, 7) is 6.43. The van der Waals surface area contributed by atoms with Crippen LogP contribution in [0.25, 0.3) is 0 Å². The summed E-state index contributed by atoms with van der Waals surface area (Å²) >= 11 is 1.80. The molecule has 0 unspecified atom stereocenters. The lowest BCUT2D eigenvalue weighted by atomic mass is 10.2. The van der Waals surface area contributed by atoms with Crippen molar-refractivity contribution in [2.45, 2.75) is 19.6 Å². The molecule has 0 saturated carbocycles. The van der Waals surface area contributed by atoms with Crippen molar-refractivity contribution in [3.8, 4) is 0 Å². The number of carboxylic acid groups (broad SMARTS) is 4. The lowest BCUT2D eigenvalue weighted by Gasteiger charge is -2.35. The van der Waals surface area contributed by atoms with Crippen LogP contribution in [-0.2, 0) is 43.6 Å². The number of hydrogen-bond acceptors (Lipinski definition) is 9. The van der Waals surface area contributed by atoms with E-state index in [1.807, 2.05) is 41.0 Å². The van der Waals surface area contributed by atoms with Gasteiger partial charge in [0.15, 0.2) is 0 Å². The number of aliphatic carboxylic acids is 4. The Kier molecular flexibility index (Phi) is 13.8. The van der Waals surface area contributed by atoms with Crippen molar-refractivity contribution in [2.75, 3.05) is 39.8 Å². The molecule has 0 radical (unpaired) electrons. The average Bonchev–Trinajstić information content (AvgIpc) is 3.62. The highest BCUT2D eigenvalue weighted by Crippen LogP contribution is 2.14. The number of benzene rings is 1. The number of rotatable bonds is 8. The van der Waals surface area contributed by atoms with E-state index >= 15 is 0 Å². The summed E-state index contributed by atoms with van der Waals surface area (Å²) in [4.78, 5) is 57.0. The summed E-state index contributed by atoms with van der Waals surface area (Å²) in [5.74, 6) is -7.08. The molecule has 2 aromatic heterocycles. The van der Waals surface area contributed by atoms with Crippen LogP contribution in [0.4, 0.5) is 0 Å². The van der Waals surface area contributed by atoms with Gasteiger partial charge in [-0.2, -0.15) is 5.10 Å². The van der Waals surface area contributed by atoms with Gasteiger partial charge in [-0.1, -0.05) is 36.4 Å². The zero-order valence-corrected chi connectivity index (χ0v) is 23.7. The second-order valence-electron chi connectivity index (χ2n) is 9.16. The van der Waals surface area contributed by atoms with Crippen molar-refractivity contribution in [1.29, 1.82) is 0 Å². The number of carbonyl (C=O) groups excluding carboxylic acids is 1. The van der Waals surface area contributed by atoms with Crippen molar-refractivity contribution >= 4 is 41.1 Å². The van der Waals surface area contributed by atoms with Gasteiger partial charge in [0, 0.05) is 55.9 Å². The molecule has 42 heavy (non-hydrogen) atoms. The third-order valence-corrected chi connectivity index (χ3v) is 6.64. The van der Waals surface area contributed by atoms with E-state index < -0.39 is 23.9 Å². The number of piperazine rings is 1. The monoisotopic (exact) mass is 603 g/mol. The summed E-state index contributed by atoms with van der Waals surface area (Å²) in [6, 6.07) is 14.6. The van der Waals surface area contributed by atoms with Crippen LogP contribution < -0.4 is 0 Å². The molecule has 1 aromatic carbocycles. The molecule has 3 aromatic rings. The van der Waals surface area contributed by atoms with Gasteiger partial charge < -0.3 is 25.3 Å². The van der Waals surface area contributed by atoms with Gasteiger partial charge in [0.25, 0.3) is 0 Å². The number of thiophene rings is 1. The normalized spacial score (nSPS) is 12.9. The maximum absolute atomic E-state index is 12.7. The maximum atomic E-state index is 12.7. The quantitative estimate of drug-likeness (QED) is 0.268. The van der Waals surface area contributed by atoms with E-state index in [9.17, 15) is 4.79 Å². The van der Waals surface area contributed by atoms with E-state index in [0.29, 0.717) is 6.54 Å². The van der Waals surface area contributed by atoms with Gasteiger partial charge in [-0.25, -0.2) is 19.2 Å². The molecular weight excluding hydrogens is 570 g/mol. The minimum absolute atomic E-state index is 0.213. The summed E-state index contributed by atoms with van der Waals surface area (Å²) in [6.07, 6.45) is 3.96. The molecule has 1 aliphatic heterocycles. The molecule has 15 heteroatoms. The second-order valence-corrected chi connectivity index (χ2v) is 10.2. The molecule has 4 rings (SSSR count). The van der Waals surface area contributed by atoms with Crippen LogP contribution in [0.15, 0.2) is 60.2 Å². The Labute approximate surface area is 245 Å². The number of aromatic nitrogens is 2. The fraction of sp³-hybridized carbons (Fsp3) is 0.333. The number of carboxylic acids is 4. The predicted octanol–water partition coefficient (Wildman–Crippen LogP) is 1.08. The summed E-state index contributed by atoms with van der Waals surface area (Å²) in [7, 11) is 2.00. The summed E-state index contributed by atoms with van der Waals surface area (Å²) < 4.78 is 1.95. The highest BCUT2D eigenvalue weighted by molar-refractivity contribution is 7.09. The molecule has 1 amide bonds. The molecule has 1 fully saturated rings. The third kappa shape index (κ3) is 12.7. The Morgan fingerprint density at radius 1 is 0.810 bits per heavy atom. The average molecular weight is 604 g/mol. The van der Waals surface area contributed by atoms with Gasteiger partial charge in [-0.05, 0) is 24.1 Å². The molecule has 0 spiro atoms. The first-order valence-electron chi connectivity index (χ1n) is 12.6. The lowest BCUT2D eigenvalue weighted by molar-refractivity contribution is -0.159. The Bertz CT molecular complexity index is 1260. The maximum Gasteiger partial charge on any atom is 0.414 e. The van der Waals surface area contributed by atoms with Gasteiger partial charge >= 0.3 is 23.9 Å². The standard InChI is InChI=1S/C23H29N5OS.2C2H2O4/c1-25(15-21-14-24-28(17-21)16-20-6-3-2-4-7-20)19-23(29)27-11-9-26(10-12-27)18-22-8-5-13-30-22;2*3-1(4)2(5)6/h2-8,13-14,17H,9-12,15-16,18-19H2,1H3;2*(H,3,4)(H,5,6). The number of hydrogen-bond donors (Lipinski definition) is 4. The van der Waals surface area contributed by atoms with Crippen LogP contribution in [-0.4, -0.2) is 114 Å². The lowest BCUT2D eigenvalue weighted by Crippen LogP contribution is -2.50. The van der Waals surface area contributed by atoms with E-state index in [1.165, 1.54) is 10.4 Å². The Morgan fingerprint density at radius 3 is 1.93 bits per heavy atom. The van der Waals surface area contributed by atoms with Crippen molar-refractivity contribution < 1.29 is 44.4 Å². The summed E-state index contributed by atoms with van der Waals surface area (Å²) in [5, 5.41) is 36.1. The zero-order chi connectivity index (χ0) is 31.1. The second kappa shape index (κ2) is 17.3. The van der Waals surface area contributed by atoms with E-state index in [-0.39, 0.29) is 5.91 Å².